The van der Waals surface area contributed by atoms with E-state index in [-0.39, 0.29) is 5.75 Å². The Morgan fingerprint density at radius 1 is 1.27 bits per heavy atom. The van der Waals surface area contributed by atoms with E-state index in [9.17, 15) is 8.42 Å². The summed E-state index contributed by atoms with van der Waals surface area (Å²) in [7, 11) is -2.88. The van der Waals surface area contributed by atoms with Crippen LogP contribution in [0.1, 0.15) is 5.56 Å². The maximum Gasteiger partial charge on any atom is 0.149 e. The molecule has 0 saturated carbocycles. The lowest BCUT2D eigenvalue weighted by Crippen LogP contribution is -2.13. The van der Waals surface area contributed by atoms with Crippen molar-refractivity contribution < 1.29 is 8.42 Å². The largest absolute Gasteiger partial charge is 0.384 e. The molecule has 15 heavy (non-hydrogen) atoms. The van der Waals surface area contributed by atoms with Crippen molar-refractivity contribution in [3.8, 4) is 0 Å². The number of hydrogen-bond acceptors (Lipinski definition) is 4. The molecule has 0 amide bonds. The molecular weight excluding hydrogens is 230 g/mol. The zero-order valence-electron chi connectivity index (χ0n) is 8.60. The van der Waals surface area contributed by atoms with Crippen LogP contribution in [-0.4, -0.2) is 27.0 Å². The molecule has 0 aromatic heterocycles. The molecule has 0 unspecified atom stereocenters. The monoisotopic (exact) mass is 245 g/mol. The molecule has 0 radical (unpaired) electrons. The number of nitrogens with one attached hydrogen (secondary N) is 1. The van der Waals surface area contributed by atoms with Gasteiger partial charge in [0, 0.05) is 24.2 Å². The van der Waals surface area contributed by atoms with Crippen molar-refractivity contribution in [2.24, 2.45) is 0 Å². The molecular formula is C10H15NO2S2. The van der Waals surface area contributed by atoms with Crippen LogP contribution in [-0.2, 0) is 15.6 Å². The highest BCUT2D eigenvalue weighted by Crippen LogP contribution is 2.10. The van der Waals surface area contributed by atoms with Gasteiger partial charge in [-0.15, -0.1) is 0 Å². The van der Waals surface area contributed by atoms with Crippen molar-refractivity contribution in [2.45, 2.75) is 5.75 Å². The molecule has 84 valence electrons. The number of anilines is 1. The molecule has 1 aromatic carbocycles. The number of thiol groups is 1. The fourth-order valence-electron chi connectivity index (χ4n) is 1.11. The van der Waals surface area contributed by atoms with Gasteiger partial charge in [-0.1, -0.05) is 12.1 Å². The van der Waals surface area contributed by atoms with Gasteiger partial charge in [-0.05, 0) is 17.7 Å². The average Bonchev–Trinajstić information content (AvgIpc) is 2.17. The van der Waals surface area contributed by atoms with E-state index in [2.05, 4.69) is 17.9 Å². The predicted molar refractivity (Wildman–Crippen MR) is 67.3 cm³/mol. The van der Waals surface area contributed by atoms with Crippen LogP contribution in [0.2, 0.25) is 0 Å². The van der Waals surface area contributed by atoms with Gasteiger partial charge in [-0.25, -0.2) is 8.42 Å². The molecule has 0 spiro atoms. The molecule has 1 aromatic rings. The van der Waals surface area contributed by atoms with Crippen LogP contribution in [0.25, 0.3) is 0 Å². The quantitative estimate of drug-likeness (QED) is 0.774. The Labute approximate surface area is 96.2 Å². The third-order valence-electron chi connectivity index (χ3n) is 1.94. The first-order valence-corrected chi connectivity index (χ1v) is 7.32. The van der Waals surface area contributed by atoms with Crippen LogP contribution < -0.4 is 5.32 Å². The highest BCUT2D eigenvalue weighted by molar-refractivity contribution is 7.90. The fourth-order valence-corrected chi connectivity index (χ4v) is 1.79. The minimum absolute atomic E-state index is 0.154. The Morgan fingerprint density at radius 3 is 2.33 bits per heavy atom. The van der Waals surface area contributed by atoms with Gasteiger partial charge in [0.05, 0.1) is 5.75 Å². The van der Waals surface area contributed by atoms with Crippen LogP contribution in [0.4, 0.5) is 5.69 Å². The minimum Gasteiger partial charge on any atom is -0.384 e. The third kappa shape index (κ3) is 5.09. The number of hydrogen-bond donors (Lipinski definition) is 2. The molecule has 0 saturated heterocycles. The van der Waals surface area contributed by atoms with Gasteiger partial charge in [0.15, 0.2) is 0 Å². The van der Waals surface area contributed by atoms with E-state index in [1.165, 1.54) is 6.26 Å². The molecule has 0 heterocycles. The topological polar surface area (TPSA) is 46.2 Å². The van der Waals surface area contributed by atoms with Crippen molar-refractivity contribution in [3.63, 3.8) is 0 Å². The highest BCUT2D eigenvalue weighted by Gasteiger charge is 2.00. The summed E-state index contributed by atoms with van der Waals surface area (Å²) in [4.78, 5) is 0. The fraction of sp³-hybridized carbons (Fsp3) is 0.400. The highest BCUT2D eigenvalue weighted by atomic mass is 32.2. The van der Waals surface area contributed by atoms with Crippen LogP contribution >= 0.6 is 12.6 Å². The summed E-state index contributed by atoms with van der Waals surface area (Å²) < 4.78 is 21.7. The first-order chi connectivity index (χ1) is 7.01. The summed E-state index contributed by atoms with van der Waals surface area (Å²) in [6.45, 7) is 0.444. The van der Waals surface area contributed by atoms with E-state index >= 15 is 0 Å². The van der Waals surface area contributed by atoms with Crippen molar-refractivity contribution in [3.05, 3.63) is 29.8 Å². The first-order valence-electron chi connectivity index (χ1n) is 4.62. The molecule has 0 bridgehead atoms. The van der Waals surface area contributed by atoms with Gasteiger partial charge in [-0.3, -0.25) is 0 Å². The summed E-state index contributed by atoms with van der Waals surface area (Å²) in [6.07, 6.45) is 1.23. The smallest absolute Gasteiger partial charge is 0.149 e. The predicted octanol–water partition coefficient (Wildman–Crippen LogP) is 1.57. The minimum atomic E-state index is -2.88. The molecule has 0 atom stereocenters. The van der Waals surface area contributed by atoms with Gasteiger partial charge in [0.2, 0.25) is 0 Å². The Balaban J connectivity index is 2.45. The Bertz CT molecular complexity index is 398. The SMILES string of the molecule is CS(=O)(=O)CCNc1ccc(CS)cc1. The molecule has 0 aliphatic heterocycles. The van der Waals surface area contributed by atoms with Gasteiger partial charge in [-0.2, -0.15) is 12.6 Å². The van der Waals surface area contributed by atoms with Crippen molar-refractivity contribution in [1.82, 2.24) is 0 Å². The Morgan fingerprint density at radius 2 is 1.87 bits per heavy atom. The van der Waals surface area contributed by atoms with Gasteiger partial charge >= 0.3 is 0 Å². The van der Waals surface area contributed by atoms with E-state index in [0.29, 0.717) is 12.3 Å². The van der Waals surface area contributed by atoms with Crippen LogP contribution in [0.5, 0.6) is 0 Å². The van der Waals surface area contributed by atoms with Gasteiger partial charge in [0.1, 0.15) is 9.84 Å². The Hall–Kier alpha value is -0.680. The third-order valence-corrected chi connectivity index (χ3v) is 3.25. The van der Waals surface area contributed by atoms with E-state index < -0.39 is 9.84 Å². The second-order valence-electron chi connectivity index (χ2n) is 3.41. The second-order valence-corrected chi connectivity index (χ2v) is 5.99. The summed E-state index contributed by atoms with van der Waals surface area (Å²) >= 11 is 4.15. The van der Waals surface area contributed by atoms with Gasteiger partial charge < -0.3 is 5.32 Å². The van der Waals surface area contributed by atoms with E-state index in [1.807, 2.05) is 24.3 Å². The van der Waals surface area contributed by atoms with Crippen LogP contribution in [0.3, 0.4) is 0 Å². The molecule has 1 N–H and O–H groups in total. The number of benzene rings is 1. The van der Waals surface area contributed by atoms with Crippen molar-refractivity contribution >= 4 is 28.2 Å². The zero-order valence-corrected chi connectivity index (χ0v) is 10.3. The van der Waals surface area contributed by atoms with Crippen molar-refractivity contribution in [1.29, 1.82) is 0 Å². The molecule has 3 nitrogen and oxygen atoms in total. The molecule has 5 heteroatoms. The maximum atomic E-state index is 10.9. The summed E-state index contributed by atoms with van der Waals surface area (Å²) in [5.74, 6) is 0.866. The molecule has 1 rings (SSSR count). The van der Waals surface area contributed by atoms with E-state index in [0.717, 1.165) is 11.3 Å². The standard InChI is InChI=1S/C10H15NO2S2/c1-15(12,13)7-6-11-10-4-2-9(8-14)3-5-10/h2-5,11,14H,6-8H2,1H3. The zero-order chi connectivity index (χ0) is 11.3. The lowest BCUT2D eigenvalue weighted by Gasteiger charge is -2.05. The average molecular weight is 245 g/mol. The lowest BCUT2D eigenvalue weighted by atomic mass is 10.2. The summed E-state index contributed by atoms with van der Waals surface area (Å²) in [6, 6.07) is 7.78. The Kier molecular flexibility index (Phi) is 4.47. The number of rotatable bonds is 5. The lowest BCUT2D eigenvalue weighted by molar-refractivity contribution is 0.602. The summed E-state index contributed by atoms with van der Waals surface area (Å²) in [5.41, 5.74) is 2.08. The normalized spacial score (nSPS) is 11.3. The summed E-state index contributed by atoms with van der Waals surface area (Å²) in [5, 5.41) is 3.05. The molecule has 0 fully saturated rings. The second kappa shape index (κ2) is 5.42. The van der Waals surface area contributed by atoms with E-state index in [1.54, 1.807) is 0 Å². The first kappa shape index (κ1) is 12.4. The van der Waals surface area contributed by atoms with Gasteiger partial charge in [0.25, 0.3) is 0 Å². The van der Waals surface area contributed by atoms with E-state index in [4.69, 9.17) is 0 Å². The number of sulfone groups is 1. The van der Waals surface area contributed by atoms with Crippen LogP contribution in [0, 0.1) is 0 Å². The van der Waals surface area contributed by atoms with Crippen molar-refractivity contribution in [2.75, 3.05) is 23.9 Å². The molecule has 0 aliphatic rings. The molecule has 0 aliphatic carbocycles. The van der Waals surface area contributed by atoms with Crippen LogP contribution in [0.15, 0.2) is 24.3 Å². The maximum absolute atomic E-state index is 10.9.